The van der Waals surface area contributed by atoms with E-state index in [1.807, 2.05) is 31.2 Å². The Bertz CT molecular complexity index is 876. The average Bonchev–Trinajstić information content (AvgIpc) is 2.66. The number of nitro groups is 1. The molecule has 1 amide bonds. The number of aryl methyl sites for hydroxylation is 1. The van der Waals surface area contributed by atoms with Crippen molar-refractivity contribution in [1.82, 2.24) is 0 Å². The number of hydrogen-bond acceptors (Lipinski definition) is 5. The van der Waals surface area contributed by atoms with Gasteiger partial charge in [-0.2, -0.15) is 0 Å². The fourth-order valence-corrected chi connectivity index (χ4v) is 2.75. The third-order valence-corrected chi connectivity index (χ3v) is 4.00. The van der Waals surface area contributed by atoms with Gasteiger partial charge in [-0.05, 0) is 24.1 Å². The van der Waals surface area contributed by atoms with E-state index in [-0.39, 0.29) is 25.0 Å². The molecule has 0 saturated carbocycles. The van der Waals surface area contributed by atoms with E-state index in [1.165, 1.54) is 24.3 Å². The molecule has 7 nitrogen and oxygen atoms in total. The molecule has 1 aliphatic rings. The number of amides is 1. The number of carbonyl (C=O) groups is 1. The normalized spacial score (nSPS) is 13.1. The van der Waals surface area contributed by atoms with Crippen LogP contribution in [0.1, 0.15) is 23.6 Å². The Morgan fingerprint density at radius 1 is 1.35 bits per heavy atom. The van der Waals surface area contributed by atoms with Crippen LogP contribution in [0.15, 0.2) is 42.5 Å². The Hall–Kier alpha value is -3.19. The quantitative estimate of drug-likeness (QED) is 0.502. The van der Waals surface area contributed by atoms with Gasteiger partial charge in [-0.25, -0.2) is 0 Å². The molecule has 26 heavy (non-hydrogen) atoms. The molecule has 0 aromatic heterocycles. The first-order valence-electron chi connectivity index (χ1n) is 8.17. The summed E-state index contributed by atoms with van der Waals surface area (Å²) in [5, 5.41) is 13.9. The molecule has 0 bridgehead atoms. The van der Waals surface area contributed by atoms with Gasteiger partial charge >= 0.3 is 0 Å². The van der Waals surface area contributed by atoms with Crippen LogP contribution in [-0.4, -0.2) is 17.6 Å². The molecule has 0 unspecified atom stereocenters. The molecule has 3 rings (SSSR count). The molecule has 134 valence electrons. The van der Waals surface area contributed by atoms with Crippen LogP contribution in [0.2, 0.25) is 0 Å². The minimum absolute atomic E-state index is 0.0712. The minimum Gasteiger partial charge on any atom is -0.467 e. The van der Waals surface area contributed by atoms with Crippen LogP contribution >= 0.6 is 0 Å². The van der Waals surface area contributed by atoms with E-state index in [0.717, 1.165) is 17.7 Å². The number of nitrogens with zero attached hydrogens (tertiary/aromatic N) is 1. The predicted octanol–water partition coefficient (Wildman–Crippen LogP) is 3.68. The zero-order chi connectivity index (χ0) is 18.5. The highest BCUT2D eigenvalue weighted by Crippen LogP contribution is 2.33. The number of nitro benzene ring substituents is 1. The molecule has 1 heterocycles. The highest BCUT2D eigenvalue weighted by molar-refractivity contribution is 6.02. The molecule has 0 fully saturated rings. The third-order valence-electron chi connectivity index (χ3n) is 4.00. The smallest absolute Gasteiger partial charge is 0.270 e. The first kappa shape index (κ1) is 17.6. The van der Waals surface area contributed by atoms with Gasteiger partial charge in [-0.3, -0.25) is 14.9 Å². The standard InChI is InChI=1S/C19H18N2O5/c1-2-13-5-3-4-6-17(13)20-18(22)8-7-14-9-16(21(23)24)10-15-11-25-12-26-19(14)15/h3-10H,2,11-12H2,1H3,(H,20,22)/b8-7+. The summed E-state index contributed by atoms with van der Waals surface area (Å²) < 4.78 is 10.6. The van der Waals surface area contributed by atoms with E-state index < -0.39 is 4.92 Å². The van der Waals surface area contributed by atoms with E-state index in [2.05, 4.69) is 5.32 Å². The summed E-state index contributed by atoms with van der Waals surface area (Å²) in [5.41, 5.74) is 2.75. The summed E-state index contributed by atoms with van der Waals surface area (Å²) in [5.74, 6) is 0.179. The van der Waals surface area contributed by atoms with E-state index in [0.29, 0.717) is 16.9 Å². The summed E-state index contributed by atoms with van der Waals surface area (Å²) in [6.45, 7) is 2.31. The Balaban J connectivity index is 1.84. The molecule has 0 saturated heterocycles. The molecule has 0 atom stereocenters. The van der Waals surface area contributed by atoms with Gasteiger partial charge in [0.05, 0.1) is 11.5 Å². The lowest BCUT2D eigenvalue weighted by Gasteiger charge is -2.19. The first-order valence-corrected chi connectivity index (χ1v) is 8.17. The lowest BCUT2D eigenvalue weighted by atomic mass is 10.1. The SMILES string of the molecule is CCc1ccccc1NC(=O)/C=C/c1cc([N+](=O)[O-])cc2c1OCOC2. The van der Waals surface area contributed by atoms with Crippen LogP contribution in [0.4, 0.5) is 11.4 Å². The maximum Gasteiger partial charge on any atom is 0.270 e. The van der Waals surface area contributed by atoms with E-state index in [9.17, 15) is 14.9 Å². The second kappa shape index (κ2) is 7.79. The van der Waals surface area contributed by atoms with E-state index >= 15 is 0 Å². The number of carbonyl (C=O) groups excluding carboxylic acids is 1. The molecule has 0 spiro atoms. The molecule has 2 aromatic rings. The van der Waals surface area contributed by atoms with E-state index in [1.54, 1.807) is 0 Å². The lowest BCUT2D eigenvalue weighted by Crippen LogP contribution is -2.13. The van der Waals surface area contributed by atoms with Crippen LogP contribution in [0.25, 0.3) is 6.08 Å². The fraction of sp³-hybridized carbons (Fsp3) is 0.211. The fourth-order valence-electron chi connectivity index (χ4n) is 2.75. The Kier molecular flexibility index (Phi) is 5.28. The van der Waals surface area contributed by atoms with Gasteiger partial charge < -0.3 is 14.8 Å². The van der Waals surface area contributed by atoms with Crippen molar-refractivity contribution < 1.29 is 19.2 Å². The number of benzene rings is 2. The van der Waals surface area contributed by atoms with Crippen molar-refractivity contribution in [2.75, 3.05) is 12.1 Å². The van der Waals surface area contributed by atoms with Crippen molar-refractivity contribution in [2.45, 2.75) is 20.0 Å². The number of ether oxygens (including phenoxy) is 2. The number of rotatable bonds is 5. The topological polar surface area (TPSA) is 90.7 Å². The minimum atomic E-state index is -0.482. The number of nitrogens with one attached hydrogen (secondary N) is 1. The highest BCUT2D eigenvalue weighted by atomic mass is 16.7. The third kappa shape index (κ3) is 3.89. The van der Waals surface area contributed by atoms with Crippen LogP contribution in [0.5, 0.6) is 5.75 Å². The molecule has 1 aliphatic heterocycles. The summed E-state index contributed by atoms with van der Waals surface area (Å²) in [6, 6.07) is 10.4. The summed E-state index contributed by atoms with van der Waals surface area (Å²) in [6.07, 6.45) is 3.65. The van der Waals surface area contributed by atoms with Crippen LogP contribution < -0.4 is 10.1 Å². The zero-order valence-corrected chi connectivity index (χ0v) is 14.2. The van der Waals surface area contributed by atoms with Crippen molar-refractivity contribution in [3.8, 4) is 5.75 Å². The molecular weight excluding hydrogens is 336 g/mol. The maximum absolute atomic E-state index is 12.2. The number of para-hydroxylation sites is 1. The Labute approximate surface area is 150 Å². The number of fused-ring (bicyclic) bond motifs is 1. The monoisotopic (exact) mass is 354 g/mol. The van der Waals surface area contributed by atoms with Crippen molar-refractivity contribution >= 4 is 23.4 Å². The highest BCUT2D eigenvalue weighted by Gasteiger charge is 2.19. The van der Waals surface area contributed by atoms with Crippen molar-refractivity contribution in [1.29, 1.82) is 0 Å². The molecule has 0 aliphatic carbocycles. The van der Waals surface area contributed by atoms with Crippen LogP contribution in [-0.2, 0) is 22.6 Å². The molecule has 2 aromatic carbocycles. The van der Waals surface area contributed by atoms with Gasteiger partial charge in [0.15, 0.2) is 6.79 Å². The summed E-state index contributed by atoms with van der Waals surface area (Å²) in [4.78, 5) is 22.9. The van der Waals surface area contributed by atoms with E-state index in [4.69, 9.17) is 9.47 Å². The van der Waals surface area contributed by atoms with Gasteiger partial charge in [-0.15, -0.1) is 0 Å². The lowest BCUT2D eigenvalue weighted by molar-refractivity contribution is -0.385. The molecule has 1 N–H and O–H groups in total. The van der Waals surface area contributed by atoms with Crippen LogP contribution in [0, 0.1) is 10.1 Å². The number of anilines is 1. The average molecular weight is 354 g/mol. The second-order valence-corrected chi connectivity index (χ2v) is 5.72. The molecule has 0 radical (unpaired) electrons. The van der Waals surface area contributed by atoms with Crippen molar-refractivity contribution in [3.05, 3.63) is 69.3 Å². The first-order chi connectivity index (χ1) is 12.6. The second-order valence-electron chi connectivity index (χ2n) is 5.72. The Morgan fingerprint density at radius 3 is 2.92 bits per heavy atom. The molecule has 7 heteroatoms. The maximum atomic E-state index is 12.2. The Morgan fingerprint density at radius 2 is 2.15 bits per heavy atom. The largest absolute Gasteiger partial charge is 0.467 e. The predicted molar refractivity (Wildman–Crippen MR) is 96.9 cm³/mol. The summed E-state index contributed by atoms with van der Waals surface area (Å²) >= 11 is 0. The van der Waals surface area contributed by atoms with Gasteiger partial charge in [0, 0.05) is 35.0 Å². The van der Waals surface area contributed by atoms with Crippen LogP contribution in [0.3, 0.4) is 0 Å². The molecular formula is C19H18N2O5. The van der Waals surface area contributed by atoms with Gasteiger partial charge in [0.2, 0.25) is 5.91 Å². The van der Waals surface area contributed by atoms with Gasteiger partial charge in [-0.1, -0.05) is 25.1 Å². The number of non-ortho nitro benzene ring substituents is 1. The van der Waals surface area contributed by atoms with Gasteiger partial charge in [0.25, 0.3) is 5.69 Å². The van der Waals surface area contributed by atoms with Gasteiger partial charge in [0.1, 0.15) is 5.75 Å². The van der Waals surface area contributed by atoms with Crippen molar-refractivity contribution in [3.63, 3.8) is 0 Å². The summed E-state index contributed by atoms with van der Waals surface area (Å²) in [7, 11) is 0. The van der Waals surface area contributed by atoms with Crippen molar-refractivity contribution in [2.24, 2.45) is 0 Å². The zero-order valence-electron chi connectivity index (χ0n) is 14.2. The number of hydrogen-bond donors (Lipinski definition) is 1.